The van der Waals surface area contributed by atoms with E-state index in [-0.39, 0.29) is 20.7 Å². The number of anilines is 2. The summed E-state index contributed by atoms with van der Waals surface area (Å²) in [6, 6.07) is 14.8. The number of amides is 1. The van der Waals surface area contributed by atoms with Crippen molar-refractivity contribution in [1.82, 2.24) is 25.1 Å². The summed E-state index contributed by atoms with van der Waals surface area (Å²) >= 11 is 0. The van der Waals surface area contributed by atoms with E-state index in [0.29, 0.717) is 34.1 Å². The summed E-state index contributed by atoms with van der Waals surface area (Å²) in [7, 11) is 5.03. The van der Waals surface area contributed by atoms with E-state index in [1.54, 1.807) is 39.5 Å². The Morgan fingerprint density at radius 1 is 1.09 bits per heavy atom. The molecule has 1 amide bonds. The molecule has 0 bridgehead atoms. The van der Waals surface area contributed by atoms with E-state index in [4.69, 9.17) is 9.15 Å². The Morgan fingerprint density at radius 3 is 2.56 bits per heavy atom. The normalized spacial score (nSPS) is 10.6. The van der Waals surface area contributed by atoms with Crippen LogP contribution in [0.3, 0.4) is 0 Å². The summed E-state index contributed by atoms with van der Waals surface area (Å²) in [4.78, 5) is 22.7. The van der Waals surface area contributed by atoms with Crippen LogP contribution in [0.4, 0.5) is 11.7 Å². The van der Waals surface area contributed by atoms with Gasteiger partial charge in [0.15, 0.2) is 0 Å². The van der Waals surface area contributed by atoms with Crippen LogP contribution in [0.5, 0.6) is 5.75 Å². The van der Waals surface area contributed by atoms with Crippen LogP contribution in [0.2, 0.25) is 0 Å². The zero-order chi connectivity index (χ0) is 22.7. The molecule has 32 heavy (non-hydrogen) atoms. The van der Waals surface area contributed by atoms with Crippen LogP contribution < -0.4 is 10.1 Å². The maximum absolute atomic E-state index is 12.1. The summed E-state index contributed by atoms with van der Waals surface area (Å²) in [5.41, 5.74) is 3.89. The first-order valence-electron chi connectivity index (χ1n) is 9.86. The van der Waals surface area contributed by atoms with Crippen molar-refractivity contribution < 1.29 is 16.8 Å². The van der Waals surface area contributed by atoms with Gasteiger partial charge in [0.2, 0.25) is 0 Å². The average molecular weight is 435 g/mol. The lowest BCUT2D eigenvalue weighted by Crippen LogP contribution is -2.21. The molecule has 166 valence electrons. The number of nitrogens with zero attached hydrogens (tertiary/aromatic N) is 5. The van der Waals surface area contributed by atoms with Gasteiger partial charge in [-0.2, -0.15) is 0 Å². The predicted molar refractivity (Wildman–Crippen MR) is 124 cm³/mol. The van der Waals surface area contributed by atoms with Gasteiger partial charge in [-0.25, -0.2) is 4.98 Å². The third-order valence-electron chi connectivity index (χ3n) is 4.77. The molecule has 0 atom stereocenters. The van der Waals surface area contributed by atoms with Crippen molar-refractivity contribution in [2.45, 2.75) is 6.92 Å². The smallest absolute Gasteiger partial charge is 0.320 e. The first-order valence-corrected chi connectivity index (χ1v) is 9.86. The zero-order valence-corrected chi connectivity index (χ0v) is 18.2. The van der Waals surface area contributed by atoms with Crippen molar-refractivity contribution in [2.24, 2.45) is 0 Å². The Bertz CT molecular complexity index is 1260. The molecule has 0 aliphatic heterocycles. The van der Waals surface area contributed by atoms with E-state index in [9.17, 15) is 4.79 Å². The Hall–Kier alpha value is -4.27. The van der Waals surface area contributed by atoms with Gasteiger partial charge >= 0.3 is 6.01 Å². The Kier molecular flexibility index (Phi) is 5.80. The third-order valence-corrected chi connectivity index (χ3v) is 4.77. The number of hydrogen-bond acceptors (Lipinski definition) is 8. The molecule has 2 aromatic carbocycles. The molecule has 0 saturated carbocycles. The van der Waals surface area contributed by atoms with Crippen LogP contribution in [0, 0.1) is 6.92 Å². The number of methoxy groups -OCH3 is 1. The van der Waals surface area contributed by atoms with Gasteiger partial charge in [0.1, 0.15) is 11.4 Å². The quantitative estimate of drug-likeness (QED) is 0.474. The highest BCUT2D eigenvalue weighted by atomic mass is 16.5. The van der Waals surface area contributed by atoms with Gasteiger partial charge in [-0.15, -0.1) is 5.10 Å². The molecule has 0 unspecified atom stereocenters. The molecule has 0 spiro atoms. The monoisotopic (exact) mass is 434 g/mol. The standard InChI is InChI=1S/C23H22N6O3.2H2/c1-14-20(21-27-28-23(32-21)26-17-7-5-6-8-19(17)31-4)25-18(13-24-14)15-9-11-16(12-10-15)22(30)29(2)3;;/h5-13H,1-4H3,(H,26,28);2*1H. The van der Waals surface area contributed by atoms with Crippen LogP contribution in [0.1, 0.15) is 18.9 Å². The molecular weight excluding hydrogens is 408 g/mol. The van der Waals surface area contributed by atoms with Crippen molar-refractivity contribution in [3.05, 3.63) is 66.0 Å². The Balaban J connectivity index is 0.00000204. The van der Waals surface area contributed by atoms with Crippen molar-refractivity contribution >= 4 is 17.6 Å². The second kappa shape index (κ2) is 8.84. The molecular formula is C23H26N6O3. The highest BCUT2D eigenvalue weighted by Crippen LogP contribution is 2.29. The third kappa shape index (κ3) is 4.27. The number of ether oxygens (including phenoxy) is 1. The Labute approximate surface area is 188 Å². The van der Waals surface area contributed by atoms with Crippen LogP contribution in [-0.2, 0) is 0 Å². The zero-order valence-electron chi connectivity index (χ0n) is 18.2. The fourth-order valence-corrected chi connectivity index (χ4v) is 3.07. The number of rotatable bonds is 6. The number of nitrogens with one attached hydrogen (secondary N) is 1. The van der Waals surface area contributed by atoms with E-state index in [2.05, 4.69) is 25.5 Å². The minimum absolute atomic E-state index is 0. The van der Waals surface area contributed by atoms with E-state index < -0.39 is 0 Å². The van der Waals surface area contributed by atoms with Crippen LogP contribution >= 0.6 is 0 Å². The number of aromatic nitrogens is 4. The van der Waals surface area contributed by atoms with Crippen molar-refractivity contribution in [1.29, 1.82) is 0 Å². The van der Waals surface area contributed by atoms with Crippen LogP contribution in [0.15, 0.2) is 59.1 Å². The highest BCUT2D eigenvalue weighted by molar-refractivity contribution is 5.94. The van der Waals surface area contributed by atoms with Gasteiger partial charge in [-0.1, -0.05) is 29.4 Å². The van der Waals surface area contributed by atoms with Gasteiger partial charge in [0.25, 0.3) is 11.8 Å². The first kappa shape index (κ1) is 21.0. The first-order chi connectivity index (χ1) is 15.5. The molecule has 0 fully saturated rings. The van der Waals surface area contributed by atoms with E-state index in [1.165, 1.54) is 4.90 Å². The summed E-state index contributed by atoms with van der Waals surface area (Å²) < 4.78 is 11.1. The van der Waals surface area contributed by atoms with Gasteiger partial charge in [-0.3, -0.25) is 9.78 Å². The molecule has 4 aromatic rings. The van der Waals surface area contributed by atoms with Crippen molar-refractivity contribution in [2.75, 3.05) is 26.5 Å². The Morgan fingerprint density at radius 2 is 1.84 bits per heavy atom. The number of carbonyl (C=O) groups is 1. The molecule has 0 aliphatic rings. The van der Waals surface area contributed by atoms with Gasteiger partial charge < -0.3 is 19.4 Å². The van der Waals surface area contributed by atoms with Gasteiger partial charge in [0, 0.05) is 28.1 Å². The summed E-state index contributed by atoms with van der Waals surface area (Å²) in [5, 5.41) is 11.2. The molecule has 2 aromatic heterocycles. The minimum Gasteiger partial charge on any atom is -0.495 e. The highest BCUT2D eigenvalue weighted by Gasteiger charge is 2.16. The molecule has 1 N–H and O–H groups in total. The molecule has 0 saturated heterocycles. The van der Waals surface area contributed by atoms with E-state index in [0.717, 1.165) is 5.56 Å². The lowest BCUT2D eigenvalue weighted by Gasteiger charge is -2.10. The SMILES string of the molecule is COc1ccccc1Nc1nnc(-c2nc(-c3ccc(C(=O)N(C)C)cc3)cnc2C)o1.[HH].[HH]. The summed E-state index contributed by atoms with van der Waals surface area (Å²) in [6.07, 6.45) is 1.67. The van der Waals surface area contributed by atoms with Gasteiger partial charge in [0.05, 0.1) is 30.4 Å². The topological polar surface area (TPSA) is 106 Å². The van der Waals surface area contributed by atoms with Gasteiger partial charge in [-0.05, 0) is 31.2 Å². The number of aryl methyl sites for hydroxylation is 1. The lowest BCUT2D eigenvalue weighted by atomic mass is 10.1. The minimum atomic E-state index is -0.0619. The average Bonchev–Trinajstić information content (AvgIpc) is 3.27. The lowest BCUT2D eigenvalue weighted by molar-refractivity contribution is 0.0827. The molecule has 0 aliphatic carbocycles. The number of carbonyl (C=O) groups excluding carboxylic acids is 1. The number of para-hydroxylation sites is 2. The predicted octanol–water partition coefficient (Wildman–Crippen LogP) is 4.45. The maximum Gasteiger partial charge on any atom is 0.320 e. The fraction of sp³-hybridized carbons (Fsp3) is 0.174. The second-order valence-corrected chi connectivity index (χ2v) is 7.20. The molecule has 2 heterocycles. The van der Waals surface area contributed by atoms with E-state index in [1.807, 2.05) is 43.3 Å². The number of benzene rings is 2. The maximum atomic E-state index is 12.1. The molecule has 0 radical (unpaired) electrons. The van der Waals surface area contributed by atoms with Crippen molar-refractivity contribution in [3.8, 4) is 28.6 Å². The molecule has 9 heteroatoms. The molecule has 9 nitrogen and oxygen atoms in total. The molecule has 4 rings (SSSR count). The summed E-state index contributed by atoms with van der Waals surface area (Å²) in [5.74, 6) is 0.836. The van der Waals surface area contributed by atoms with Crippen LogP contribution in [0.25, 0.3) is 22.8 Å². The number of hydrogen-bond donors (Lipinski definition) is 1. The van der Waals surface area contributed by atoms with E-state index >= 15 is 0 Å². The van der Waals surface area contributed by atoms with Crippen molar-refractivity contribution in [3.63, 3.8) is 0 Å². The van der Waals surface area contributed by atoms with Crippen LogP contribution in [-0.4, -0.2) is 52.2 Å². The largest absolute Gasteiger partial charge is 0.495 e. The second-order valence-electron chi connectivity index (χ2n) is 7.20. The fourth-order valence-electron chi connectivity index (χ4n) is 3.07. The summed E-state index contributed by atoms with van der Waals surface area (Å²) in [6.45, 7) is 1.82.